The molecular weight excluding hydrogens is 467 g/mol. The number of likely N-dealkylation sites (tertiary alicyclic amines) is 1. The van der Waals surface area contributed by atoms with Gasteiger partial charge in [0.1, 0.15) is 22.6 Å². The zero-order chi connectivity index (χ0) is 24.8. The molecule has 1 saturated heterocycles. The summed E-state index contributed by atoms with van der Waals surface area (Å²) in [7, 11) is 1.71. The van der Waals surface area contributed by atoms with Crippen LogP contribution in [0.25, 0.3) is 0 Å². The summed E-state index contributed by atoms with van der Waals surface area (Å²) in [4.78, 5) is 45.7. The molecule has 2 aliphatic rings. The summed E-state index contributed by atoms with van der Waals surface area (Å²) in [6.07, 6.45) is 7.81. The molecule has 2 amide bonds. The number of thiazole rings is 1. The smallest absolute Gasteiger partial charge is 0.246 e. The molecular formula is C26H33FN4O3S. The van der Waals surface area contributed by atoms with E-state index in [9.17, 15) is 18.8 Å². The van der Waals surface area contributed by atoms with Crippen molar-refractivity contribution in [3.05, 3.63) is 51.7 Å². The second kappa shape index (κ2) is 11.9. The van der Waals surface area contributed by atoms with Crippen LogP contribution in [0.3, 0.4) is 0 Å². The molecule has 1 aliphatic heterocycles. The highest BCUT2D eigenvalue weighted by Crippen LogP contribution is 2.35. The highest BCUT2D eigenvalue weighted by molar-refractivity contribution is 7.10. The maximum atomic E-state index is 13.9. The second-order valence-electron chi connectivity index (χ2n) is 9.42. The van der Waals surface area contributed by atoms with Crippen LogP contribution in [0, 0.1) is 11.7 Å². The molecule has 2 N–H and O–H groups in total. The Balaban J connectivity index is 1.55. The first-order chi connectivity index (χ1) is 17.0. The van der Waals surface area contributed by atoms with Crippen molar-refractivity contribution in [1.29, 1.82) is 0 Å². The number of likely N-dealkylation sites (N-methyl/N-ethyl adjacent to an activating group) is 1. The van der Waals surface area contributed by atoms with E-state index in [1.54, 1.807) is 12.4 Å². The maximum absolute atomic E-state index is 13.9. The molecule has 0 spiro atoms. The number of halogens is 1. The van der Waals surface area contributed by atoms with Crippen LogP contribution in [0.1, 0.15) is 78.5 Å². The Morgan fingerprint density at radius 2 is 1.80 bits per heavy atom. The maximum Gasteiger partial charge on any atom is 0.246 e. The van der Waals surface area contributed by atoms with Crippen molar-refractivity contribution in [3.8, 4) is 0 Å². The minimum Gasteiger partial charge on any atom is -0.343 e. The molecule has 35 heavy (non-hydrogen) atoms. The van der Waals surface area contributed by atoms with Crippen molar-refractivity contribution < 1.29 is 18.8 Å². The molecule has 2 heterocycles. The van der Waals surface area contributed by atoms with E-state index in [2.05, 4.69) is 15.6 Å². The fourth-order valence-corrected chi connectivity index (χ4v) is 6.10. The number of hydrogen-bond acceptors (Lipinski definition) is 6. The second-order valence-corrected chi connectivity index (χ2v) is 10.3. The molecule has 1 aromatic carbocycles. The summed E-state index contributed by atoms with van der Waals surface area (Å²) < 4.78 is 13.2. The van der Waals surface area contributed by atoms with Crippen LogP contribution >= 0.6 is 11.3 Å². The largest absolute Gasteiger partial charge is 0.343 e. The van der Waals surface area contributed by atoms with Crippen LogP contribution < -0.4 is 10.6 Å². The number of nitrogens with one attached hydrogen (secondary N) is 2. The predicted octanol–water partition coefficient (Wildman–Crippen LogP) is 3.85. The third-order valence-corrected chi connectivity index (χ3v) is 7.92. The van der Waals surface area contributed by atoms with E-state index in [0.717, 1.165) is 56.4 Å². The molecule has 2 fully saturated rings. The van der Waals surface area contributed by atoms with Crippen molar-refractivity contribution in [2.75, 3.05) is 20.1 Å². The van der Waals surface area contributed by atoms with Crippen molar-refractivity contribution in [2.45, 2.75) is 63.5 Å². The Kier molecular flexibility index (Phi) is 8.62. The molecule has 1 aliphatic carbocycles. The lowest BCUT2D eigenvalue weighted by atomic mass is 9.82. The first kappa shape index (κ1) is 25.4. The monoisotopic (exact) mass is 500 g/mol. The molecule has 2 atom stereocenters. The van der Waals surface area contributed by atoms with Gasteiger partial charge in [-0.3, -0.25) is 14.4 Å². The number of amides is 2. The number of benzene rings is 1. The Labute approximate surface area is 209 Å². The van der Waals surface area contributed by atoms with Gasteiger partial charge in [0.25, 0.3) is 0 Å². The lowest BCUT2D eigenvalue weighted by molar-refractivity contribution is -0.141. The lowest BCUT2D eigenvalue weighted by Crippen LogP contribution is -2.55. The van der Waals surface area contributed by atoms with Gasteiger partial charge in [-0.05, 0) is 69.3 Å². The molecule has 9 heteroatoms. The van der Waals surface area contributed by atoms with Crippen LogP contribution in [0.5, 0.6) is 0 Å². The third kappa shape index (κ3) is 6.13. The number of ketones is 1. The lowest BCUT2D eigenvalue weighted by Gasteiger charge is -2.39. The molecule has 1 saturated carbocycles. The normalized spacial score (nSPS) is 19.8. The summed E-state index contributed by atoms with van der Waals surface area (Å²) in [5.74, 6) is -0.752. The number of aromatic nitrogens is 1. The number of carbonyl (C=O) groups is 3. The minimum absolute atomic E-state index is 0.0485. The quantitative estimate of drug-likeness (QED) is 0.538. The summed E-state index contributed by atoms with van der Waals surface area (Å²) in [5, 5.41) is 8.32. The molecule has 188 valence electrons. The van der Waals surface area contributed by atoms with Gasteiger partial charge in [0.15, 0.2) is 0 Å². The summed E-state index contributed by atoms with van der Waals surface area (Å²) in [6.45, 7) is 0.775. The zero-order valence-electron chi connectivity index (χ0n) is 20.1. The Morgan fingerprint density at radius 3 is 2.51 bits per heavy atom. The Hall–Kier alpha value is -2.65. The average Bonchev–Trinajstić information content (AvgIpc) is 3.38. The third-order valence-electron chi connectivity index (χ3n) is 6.97. The summed E-state index contributed by atoms with van der Waals surface area (Å²) in [6, 6.07) is 4.66. The van der Waals surface area contributed by atoms with Gasteiger partial charge in [-0.25, -0.2) is 9.37 Å². The van der Waals surface area contributed by atoms with Crippen molar-refractivity contribution in [2.24, 2.45) is 5.92 Å². The van der Waals surface area contributed by atoms with Crippen LogP contribution in [0.4, 0.5) is 4.39 Å². The van der Waals surface area contributed by atoms with Gasteiger partial charge in [-0.15, -0.1) is 11.3 Å². The van der Waals surface area contributed by atoms with Crippen molar-refractivity contribution >= 4 is 28.9 Å². The Bertz CT molecular complexity index is 1040. The highest BCUT2D eigenvalue weighted by Gasteiger charge is 2.38. The van der Waals surface area contributed by atoms with Gasteiger partial charge >= 0.3 is 0 Å². The molecule has 4 rings (SSSR count). The zero-order valence-corrected chi connectivity index (χ0v) is 20.9. The van der Waals surface area contributed by atoms with Gasteiger partial charge in [0.05, 0.1) is 12.6 Å². The van der Waals surface area contributed by atoms with E-state index >= 15 is 0 Å². The van der Waals surface area contributed by atoms with E-state index in [-0.39, 0.29) is 36.1 Å². The molecule has 7 nitrogen and oxygen atoms in total. The average molecular weight is 501 g/mol. The SMILES string of the molecule is CNCC(=O)NC(C(=O)N1CCCCC1c1nc(C(=O)c2ccc(F)cc2)cs1)C1CCCCC1. The first-order valence-corrected chi connectivity index (χ1v) is 13.4. The van der Waals surface area contributed by atoms with E-state index in [4.69, 9.17) is 0 Å². The van der Waals surface area contributed by atoms with E-state index in [1.807, 2.05) is 4.90 Å². The first-order valence-electron chi connectivity index (χ1n) is 12.5. The van der Waals surface area contributed by atoms with E-state index < -0.39 is 11.9 Å². The van der Waals surface area contributed by atoms with Crippen LogP contribution in [-0.2, 0) is 9.59 Å². The molecule has 0 bridgehead atoms. The number of carbonyl (C=O) groups excluding carboxylic acids is 3. The van der Waals surface area contributed by atoms with Crippen molar-refractivity contribution in [1.82, 2.24) is 20.5 Å². The number of hydrogen-bond donors (Lipinski definition) is 2. The topological polar surface area (TPSA) is 91.4 Å². The minimum atomic E-state index is -0.544. The molecule has 0 radical (unpaired) electrons. The number of rotatable bonds is 8. The highest BCUT2D eigenvalue weighted by atomic mass is 32.1. The Morgan fingerprint density at radius 1 is 1.09 bits per heavy atom. The fraction of sp³-hybridized carbons (Fsp3) is 0.538. The van der Waals surface area contributed by atoms with Crippen molar-refractivity contribution in [3.63, 3.8) is 0 Å². The fourth-order valence-electron chi connectivity index (χ4n) is 5.16. The number of piperidine rings is 1. The van der Waals surface area contributed by atoms with Crippen LogP contribution in [0.2, 0.25) is 0 Å². The molecule has 2 aromatic rings. The van der Waals surface area contributed by atoms with Gasteiger partial charge in [0.2, 0.25) is 17.6 Å². The van der Waals surface area contributed by atoms with Gasteiger partial charge in [0, 0.05) is 17.5 Å². The predicted molar refractivity (Wildman–Crippen MR) is 133 cm³/mol. The van der Waals surface area contributed by atoms with E-state index in [1.165, 1.54) is 35.6 Å². The van der Waals surface area contributed by atoms with Crippen LogP contribution in [-0.4, -0.2) is 53.7 Å². The molecule has 2 unspecified atom stereocenters. The summed E-state index contributed by atoms with van der Waals surface area (Å²) >= 11 is 1.38. The molecule has 1 aromatic heterocycles. The van der Waals surface area contributed by atoms with E-state index in [0.29, 0.717) is 17.8 Å². The summed E-state index contributed by atoms with van der Waals surface area (Å²) in [5.41, 5.74) is 0.685. The van der Waals surface area contributed by atoms with Crippen LogP contribution in [0.15, 0.2) is 29.6 Å². The van der Waals surface area contributed by atoms with Gasteiger partial charge < -0.3 is 15.5 Å². The van der Waals surface area contributed by atoms with Gasteiger partial charge in [-0.1, -0.05) is 19.3 Å². The number of nitrogens with zero attached hydrogens (tertiary/aromatic N) is 2. The van der Waals surface area contributed by atoms with Gasteiger partial charge in [-0.2, -0.15) is 0 Å². The standard InChI is InChI=1S/C26H33FN4O3S/c1-28-15-22(32)30-23(17-7-3-2-4-8-17)26(34)31-14-6-5-9-21(31)25-29-20(16-35-25)24(33)18-10-12-19(27)13-11-18/h10-13,16-17,21,23,28H,2-9,14-15H2,1H3,(H,30,32).